The zero-order valence-electron chi connectivity index (χ0n) is 14.9. The van der Waals surface area contributed by atoms with Crippen molar-refractivity contribution in [2.75, 3.05) is 7.05 Å². The Kier molecular flexibility index (Phi) is 4.29. The number of rotatable bonds is 2. The molecule has 1 fully saturated rings. The van der Waals surface area contributed by atoms with E-state index in [1.165, 1.54) is 11.0 Å². The molecule has 3 rings (SSSR count). The number of hydrogen-bond donors (Lipinski definition) is 2. The van der Waals surface area contributed by atoms with Gasteiger partial charge < -0.3 is 5.32 Å². The topological polar surface area (TPSA) is 56.2 Å². The number of amides is 1. The molecule has 1 aliphatic heterocycles. The Bertz CT molecular complexity index is 947. The summed E-state index contributed by atoms with van der Waals surface area (Å²) in [6.07, 6.45) is 5.36. The number of halogens is 1. The van der Waals surface area contributed by atoms with Crippen LogP contribution < -0.4 is 5.32 Å². The number of guanidine groups is 1. The fourth-order valence-corrected chi connectivity index (χ4v) is 3.25. The van der Waals surface area contributed by atoms with E-state index in [1.54, 1.807) is 19.2 Å². The van der Waals surface area contributed by atoms with Gasteiger partial charge in [-0.2, -0.15) is 0 Å². The summed E-state index contributed by atoms with van der Waals surface area (Å²) in [5.41, 5.74) is 2.03. The lowest BCUT2D eigenvalue weighted by molar-refractivity contribution is -0.134. The average molecular weight is 349 g/mol. The quantitative estimate of drug-likeness (QED) is 0.817. The van der Waals surface area contributed by atoms with E-state index in [1.807, 2.05) is 38.1 Å². The third-order valence-corrected chi connectivity index (χ3v) is 5.20. The summed E-state index contributed by atoms with van der Waals surface area (Å²) in [5.74, 6) is 1.52. The number of terminal acetylenes is 1. The van der Waals surface area contributed by atoms with Gasteiger partial charge in [-0.1, -0.05) is 37.1 Å². The van der Waals surface area contributed by atoms with E-state index in [-0.39, 0.29) is 23.3 Å². The molecule has 26 heavy (non-hydrogen) atoms. The van der Waals surface area contributed by atoms with E-state index in [2.05, 4.69) is 11.2 Å². The molecule has 5 heteroatoms. The second-order valence-corrected chi connectivity index (χ2v) is 6.71. The number of carbonyl (C=O) groups is 1. The van der Waals surface area contributed by atoms with Crippen molar-refractivity contribution in [3.8, 4) is 23.5 Å². The van der Waals surface area contributed by atoms with Gasteiger partial charge in [0, 0.05) is 7.05 Å². The lowest BCUT2D eigenvalue weighted by Gasteiger charge is -2.44. The minimum Gasteiger partial charge on any atom is -0.346 e. The molecule has 1 amide bonds. The van der Waals surface area contributed by atoms with Gasteiger partial charge in [0.25, 0.3) is 0 Å². The van der Waals surface area contributed by atoms with Gasteiger partial charge in [-0.05, 0) is 41.8 Å². The van der Waals surface area contributed by atoms with Crippen LogP contribution in [-0.4, -0.2) is 23.8 Å². The molecular formula is C21H20FN3O. The number of nitrogens with one attached hydrogen (secondary N) is 2. The van der Waals surface area contributed by atoms with Crippen molar-refractivity contribution in [1.29, 1.82) is 5.41 Å². The summed E-state index contributed by atoms with van der Waals surface area (Å²) in [6, 6.07) is 12.3. The summed E-state index contributed by atoms with van der Waals surface area (Å²) >= 11 is 0. The molecule has 4 nitrogen and oxygen atoms in total. The van der Waals surface area contributed by atoms with E-state index in [9.17, 15) is 9.18 Å². The minimum absolute atomic E-state index is 0.0670. The molecule has 0 unspecified atom stereocenters. The number of carbonyl (C=O) groups excluding carboxylic acids is 1. The fourth-order valence-electron chi connectivity index (χ4n) is 3.25. The van der Waals surface area contributed by atoms with Crippen LogP contribution in [0.4, 0.5) is 4.39 Å². The van der Waals surface area contributed by atoms with Gasteiger partial charge in [0.1, 0.15) is 5.82 Å². The lowest BCUT2D eigenvalue weighted by atomic mass is 9.77. The van der Waals surface area contributed by atoms with E-state index in [0.717, 1.165) is 16.7 Å². The van der Waals surface area contributed by atoms with Crippen LogP contribution >= 0.6 is 0 Å². The predicted molar refractivity (Wildman–Crippen MR) is 99.9 cm³/mol. The van der Waals surface area contributed by atoms with Crippen molar-refractivity contribution in [3.05, 3.63) is 59.4 Å². The molecule has 0 bridgehead atoms. The highest BCUT2D eigenvalue weighted by atomic mass is 19.1. The zero-order chi connectivity index (χ0) is 19.1. The normalized spacial score (nSPS) is 22.7. The van der Waals surface area contributed by atoms with E-state index >= 15 is 0 Å². The molecule has 2 aromatic carbocycles. The monoisotopic (exact) mass is 349 g/mol. The maximum absolute atomic E-state index is 13.7. The Labute approximate surface area is 152 Å². The molecule has 2 atom stereocenters. The Morgan fingerprint density at radius 3 is 2.65 bits per heavy atom. The standard InChI is InChI=1S/C21H20FN3O/c1-5-14-11-16(9-10-18(14)22)15-7-6-8-17(12-15)21(3)13(2)19(26)25(4)20(23)24-21/h1,6-13H,2-4H3,(H2,23,24)/t13-,21+/m1/s1. The molecule has 0 saturated carbocycles. The highest BCUT2D eigenvalue weighted by molar-refractivity contribution is 6.00. The molecule has 1 heterocycles. The molecule has 0 aromatic heterocycles. The van der Waals surface area contributed by atoms with Crippen LogP contribution in [0.2, 0.25) is 0 Å². The minimum atomic E-state index is -0.717. The largest absolute Gasteiger partial charge is 0.346 e. The van der Waals surface area contributed by atoms with Crippen LogP contribution in [0.5, 0.6) is 0 Å². The lowest BCUT2D eigenvalue weighted by Crippen LogP contribution is -2.62. The summed E-state index contributed by atoms with van der Waals surface area (Å²) in [7, 11) is 1.59. The van der Waals surface area contributed by atoms with Gasteiger partial charge in [0.15, 0.2) is 5.96 Å². The third-order valence-electron chi connectivity index (χ3n) is 5.20. The highest BCUT2D eigenvalue weighted by Crippen LogP contribution is 2.35. The Morgan fingerprint density at radius 1 is 1.27 bits per heavy atom. The molecular weight excluding hydrogens is 329 g/mol. The smallest absolute Gasteiger partial charge is 0.234 e. The predicted octanol–water partition coefficient (Wildman–Crippen LogP) is 3.32. The third kappa shape index (κ3) is 2.74. The van der Waals surface area contributed by atoms with Crippen LogP contribution in [0, 0.1) is 29.5 Å². The van der Waals surface area contributed by atoms with Crippen molar-refractivity contribution in [1.82, 2.24) is 10.2 Å². The summed E-state index contributed by atoms with van der Waals surface area (Å²) < 4.78 is 13.7. The second-order valence-electron chi connectivity index (χ2n) is 6.71. The number of benzene rings is 2. The first kappa shape index (κ1) is 17.7. The first-order valence-corrected chi connectivity index (χ1v) is 8.29. The van der Waals surface area contributed by atoms with E-state index in [0.29, 0.717) is 0 Å². The molecule has 0 radical (unpaired) electrons. The number of nitrogens with zero attached hydrogens (tertiary/aromatic N) is 1. The Hall–Kier alpha value is -3.13. The van der Waals surface area contributed by atoms with Crippen molar-refractivity contribution in [2.24, 2.45) is 5.92 Å². The number of hydrogen-bond acceptors (Lipinski definition) is 2. The molecule has 2 N–H and O–H groups in total. The van der Waals surface area contributed by atoms with Crippen molar-refractivity contribution in [2.45, 2.75) is 19.4 Å². The van der Waals surface area contributed by atoms with Crippen LogP contribution in [0.15, 0.2) is 42.5 Å². The van der Waals surface area contributed by atoms with Crippen LogP contribution in [0.25, 0.3) is 11.1 Å². The Balaban J connectivity index is 2.06. The maximum Gasteiger partial charge on any atom is 0.234 e. The molecule has 132 valence electrons. The Morgan fingerprint density at radius 2 is 1.96 bits per heavy atom. The van der Waals surface area contributed by atoms with Gasteiger partial charge in [-0.25, -0.2) is 4.39 Å². The summed E-state index contributed by atoms with van der Waals surface area (Å²) in [4.78, 5) is 13.8. The first-order valence-electron chi connectivity index (χ1n) is 8.29. The molecule has 1 saturated heterocycles. The fraction of sp³-hybridized carbons (Fsp3) is 0.238. The van der Waals surface area contributed by atoms with E-state index in [4.69, 9.17) is 11.8 Å². The SMILES string of the molecule is C#Cc1cc(-c2cccc([C@@]3(C)NC(=N)N(C)C(=O)[C@H]3C)c2)ccc1F. The van der Waals surface area contributed by atoms with Crippen molar-refractivity contribution in [3.63, 3.8) is 0 Å². The van der Waals surface area contributed by atoms with E-state index < -0.39 is 11.4 Å². The van der Waals surface area contributed by atoms with Crippen LogP contribution in [0.3, 0.4) is 0 Å². The van der Waals surface area contributed by atoms with Crippen molar-refractivity contribution >= 4 is 11.9 Å². The van der Waals surface area contributed by atoms with Crippen LogP contribution in [0.1, 0.15) is 25.0 Å². The summed E-state index contributed by atoms with van der Waals surface area (Å²) in [6.45, 7) is 3.76. The van der Waals surface area contributed by atoms with Gasteiger partial charge in [0.05, 0.1) is 17.0 Å². The van der Waals surface area contributed by atoms with Crippen molar-refractivity contribution < 1.29 is 9.18 Å². The molecule has 2 aromatic rings. The molecule has 1 aliphatic rings. The second kappa shape index (κ2) is 6.30. The molecule has 0 aliphatic carbocycles. The zero-order valence-corrected chi connectivity index (χ0v) is 14.9. The average Bonchev–Trinajstić information content (AvgIpc) is 2.65. The van der Waals surface area contributed by atoms with Crippen LogP contribution in [-0.2, 0) is 10.3 Å². The highest BCUT2D eigenvalue weighted by Gasteiger charge is 2.44. The molecule has 0 spiro atoms. The van der Waals surface area contributed by atoms with Gasteiger partial charge in [-0.15, -0.1) is 6.42 Å². The first-order chi connectivity index (χ1) is 12.3. The van der Waals surface area contributed by atoms with Gasteiger partial charge >= 0.3 is 0 Å². The maximum atomic E-state index is 13.7. The van der Waals surface area contributed by atoms with Gasteiger partial charge in [0.2, 0.25) is 5.91 Å². The summed E-state index contributed by atoms with van der Waals surface area (Å²) in [5, 5.41) is 11.2. The van der Waals surface area contributed by atoms with Gasteiger partial charge in [-0.3, -0.25) is 15.1 Å².